The van der Waals surface area contributed by atoms with Crippen LogP contribution < -0.4 is 0 Å². The molecule has 0 aliphatic carbocycles. The molecule has 0 fully saturated rings. The number of benzene rings is 1. The summed E-state index contributed by atoms with van der Waals surface area (Å²) in [5.74, 6) is 0. The summed E-state index contributed by atoms with van der Waals surface area (Å²) in [6.07, 6.45) is -4.06. The van der Waals surface area contributed by atoms with Crippen molar-refractivity contribution in [3.8, 4) is 0 Å². The van der Waals surface area contributed by atoms with Gasteiger partial charge in [-0.05, 0) is 12.1 Å². The van der Waals surface area contributed by atoms with Crippen LogP contribution in [-0.2, 0) is 6.18 Å². The molecule has 1 aromatic carbocycles. The van der Waals surface area contributed by atoms with Gasteiger partial charge in [0.15, 0.2) is 0 Å². The van der Waals surface area contributed by atoms with Crippen molar-refractivity contribution in [2.24, 2.45) is 0 Å². The number of carbonyl (C=O) groups excluding carboxylic acids is 1. The Morgan fingerprint density at radius 3 is 2.38 bits per heavy atom. The number of halogens is 4. The number of hydrogen-bond acceptors (Lipinski definition) is 1. The first kappa shape index (κ1) is 10.2. The van der Waals surface area contributed by atoms with E-state index in [1.807, 2.05) is 0 Å². The topological polar surface area (TPSA) is 17.1 Å². The third-order valence-corrected chi connectivity index (χ3v) is 2.12. The summed E-state index contributed by atoms with van der Waals surface area (Å²) in [6, 6.07) is 3.32. The number of alkyl halides is 3. The van der Waals surface area contributed by atoms with Crippen LogP contribution in [0.1, 0.15) is 15.9 Å². The molecular formula is C8H4BrF3O. The molecule has 0 aromatic heterocycles. The lowest BCUT2D eigenvalue weighted by Gasteiger charge is -2.08. The molecule has 0 N–H and O–H groups in total. The second kappa shape index (κ2) is 3.49. The van der Waals surface area contributed by atoms with E-state index in [0.717, 1.165) is 6.07 Å². The highest BCUT2D eigenvalue weighted by Crippen LogP contribution is 2.34. The van der Waals surface area contributed by atoms with E-state index in [9.17, 15) is 18.0 Å². The van der Waals surface area contributed by atoms with Crippen LogP contribution >= 0.6 is 15.9 Å². The molecule has 70 valence electrons. The zero-order chi connectivity index (χ0) is 10.1. The Morgan fingerprint density at radius 1 is 1.31 bits per heavy atom. The van der Waals surface area contributed by atoms with Crippen LogP contribution in [0.15, 0.2) is 22.7 Å². The first-order valence-corrected chi connectivity index (χ1v) is 4.06. The Bertz CT molecular complexity index is 333. The zero-order valence-electron chi connectivity index (χ0n) is 6.23. The van der Waals surface area contributed by atoms with Gasteiger partial charge in [0.25, 0.3) is 0 Å². The van der Waals surface area contributed by atoms with Crippen LogP contribution in [0.2, 0.25) is 0 Å². The molecule has 0 atom stereocenters. The molecule has 0 spiro atoms. The molecule has 0 aliphatic rings. The molecule has 0 heterocycles. The minimum absolute atomic E-state index is 0.00975. The fourth-order valence-corrected chi connectivity index (χ4v) is 1.30. The van der Waals surface area contributed by atoms with Crippen LogP contribution in [0, 0.1) is 0 Å². The Labute approximate surface area is 80.7 Å². The van der Waals surface area contributed by atoms with Gasteiger partial charge in [-0.15, -0.1) is 0 Å². The van der Waals surface area contributed by atoms with Crippen molar-refractivity contribution in [2.45, 2.75) is 6.18 Å². The van der Waals surface area contributed by atoms with Gasteiger partial charge in [0.05, 0.1) is 5.56 Å². The van der Waals surface area contributed by atoms with Crippen molar-refractivity contribution in [1.29, 1.82) is 0 Å². The molecular weight excluding hydrogens is 249 g/mol. The lowest BCUT2D eigenvalue weighted by atomic mass is 10.1. The molecule has 0 saturated heterocycles. The monoisotopic (exact) mass is 252 g/mol. The summed E-state index contributed by atoms with van der Waals surface area (Å²) in [5, 5.41) is 0. The van der Waals surface area contributed by atoms with Crippen molar-refractivity contribution in [2.75, 3.05) is 0 Å². The minimum atomic E-state index is -4.43. The van der Waals surface area contributed by atoms with Gasteiger partial charge in [-0.1, -0.05) is 22.0 Å². The molecule has 1 rings (SSSR count). The lowest BCUT2D eigenvalue weighted by Crippen LogP contribution is -2.06. The summed E-state index contributed by atoms with van der Waals surface area (Å²) >= 11 is 2.76. The minimum Gasteiger partial charge on any atom is -0.298 e. The number of carbonyl (C=O) groups is 1. The van der Waals surface area contributed by atoms with E-state index in [-0.39, 0.29) is 10.0 Å². The molecule has 0 aliphatic heterocycles. The van der Waals surface area contributed by atoms with Crippen molar-refractivity contribution >= 4 is 22.2 Å². The van der Waals surface area contributed by atoms with E-state index in [2.05, 4.69) is 15.9 Å². The largest absolute Gasteiger partial charge is 0.417 e. The normalized spacial score (nSPS) is 11.4. The highest BCUT2D eigenvalue weighted by Gasteiger charge is 2.32. The molecule has 1 aromatic rings. The van der Waals surface area contributed by atoms with Gasteiger partial charge in [-0.3, -0.25) is 4.79 Å². The van der Waals surface area contributed by atoms with Gasteiger partial charge >= 0.3 is 6.18 Å². The number of hydrogen-bond donors (Lipinski definition) is 0. The van der Waals surface area contributed by atoms with E-state index in [1.165, 1.54) is 12.1 Å². The van der Waals surface area contributed by atoms with Gasteiger partial charge in [0, 0.05) is 10.0 Å². The number of aldehydes is 1. The first-order valence-electron chi connectivity index (χ1n) is 3.27. The standard InChI is InChI=1S/C8H4BrF3O/c9-7-2-1-5(4-13)3-6(7)8(10,11)12/h1-4H. The SMILES string of the molecule is O=Cc1ccc(Br)c(C(F)(F)F)c1. The van der Waals surface area contributed by atoms with E-state index in [1.54, 1.807) is 0 Å². The van der Waals surface area contributed by atoms with Gasteiger partial charge in [-0.25, -0.2) is 0 Å². The summed E-state index contributed by atoms with van der Waals surface area (Å²) in [7, 11) is 0. The molecule has 5 heteroatoms. The maximum absolute atomic E-state index is 12.2. The average molecular weight is 253 g/mol. The Morgan fingerprint density at radius 2 is 1.92 bits per heavy atom. The maximum atomic E-state index is 12.2. The van der Waals surface area contributed by atoms with Crippen LogP contribution in [-0.4, -0.2) is 6.29 Å². The predicted octanol–water partition coefficient (Wildman–Crippen LogP) is 3.28. The molecule has 0 radical (unpaired) electrons. The van der Waals surface area contributed by atoms with Crippen LogP contribution in [0.3, 0.4) is 0 Å². The number of rotatable bonds is 1. The summed E-state index contributed by atoms with van der Waals surface area (Å²) in [6.45, 7) is 0. The van der Waals surface area contributed by atoms with Gasteiger partial charge in [0.2, 0.25) is 0 Å². The fourth-order valence-electron chi connectivity index (χ4n) is 0.833. The van der Waals surface area contributed by atoms with E-state index in [0.29, 0.717) is 6.29 Å². The second-order valence-electron chi connectivity index (χ2n) is 2.35. The molecule has 0 unspecified atom stereocenters. The average Bonchev–Trinajstić information content (AvgIpc) is 2.03. The van der Waals surface area contributed by atoms with E-state index in [4.69, 9.17) is 0 Å². The molecule has 0 amide bonds. The molecule has 13 heavy (non-hydrogen) atoms. The van der Waals surface area contributed by atoms with Crippen LogP contribution in [0.25, 0.3) is 0 Å². The fraction of sp³-hybridized carbons (Fsp3) is 0.125. The summed E-state index contributed by atoms with van der Waals surface area (Å²) in [5.41, 5.74) is -0.826. The zero-order valence-corrected chi connectivity index (χ0v) is 7.82. The smallest absolute Gasteiger partial charge is 0.298 e. The molecule has 0 bridgehead atoms. The van der Waals surface area contributed by atoms with Crippen molar-refractivity contribution in [3.05, 3.63) is 33.8 Å². The van der Waals surface area contributed by atoms with Crippen molar-refractivity contribution in [3.63, 3.8) is 0 Å². The van der Waals surface area contributed by atoms with E-state index >= 15 is 0 Å². The third kappa shape index (κ3) is 2.30. The second-order valence-corrected chi connectivity index (χ2v) is 3.21. The Balaban J connectivity index is 3.27. The highest BCUT2D eigenvalue weighted by molar-refractivity contribution is 9.10. The van der Waals surface area contributed by atoms with Gasteiger partial charge in [0.1, 0.15) is 6.29 Å². The van der Waals surface area contributed by atoms with Crippen LogP contribution in [0.5, 0.6) is 0 Å². The van der Waals surface area contributed by atoms with E-state index < -0.39 is 11.7 Å². The van der Waals surface area contributed by atoms with Gasteiger partial charge < -0.3 is 0 Å². The van der Waals surface area contributed by atoms with Crippen molar-refractivity contribution in [1.82, 2.24) is 0 Å². The highest BCUT2D eigenvalue weighted by atomic mass is 79.9. The lowest BCUT2D eigenvalue weighted by molar-refractivity contribution is -0.138. The van der Waals surface area contributed by atoms with Crippen molar-refractivity contribution < 1.29 is 18.0 Å². The molecule has 1 nitrogen and oxygen atoms in total. The summed E-state index contributed by atoms with van der Waals surface area (Å²) in [4.78, 5) is 10.2. The maximum Gasteiger partial charge on any atom is 0.417 e. The van der Waals surface area contributed by atoms with Crippen LogP contribution in [0.4, 0.5) is 13.2 Å². The Kier molecular flexibility index (Phi) is 2.75. The first-order chi connectivity index (χ1) is 5.95. The molecule has 0 saturated carbocycles. The quantitative estimate of drug-likeness (QED) is 0.702. The Hall–Kier alpha value is -0.840. The van der Waals surface area contributed by atoms with Gasteiger partial charge in [-0.2, -0.15) is 13.2 Å². The third-order valence-electron chi connectivity index (χ3n) is 1.43. The predicted molar refractivity (Wildman–Crippen MR) is 44.5 cm³/mol. The summed E-state index contributed by atoms with van der Waals surface area (Å²) < 4.78 is 36.6.